The summed E-state index contributed by atoms with van der Waals surface area (Å²) in [5, 5.41) is 10.2. The van der Waals surface area contributed by atoms with Crippen molar-refractivity contribution in [3.63, 3.8) is 0 Å². The molecule has 1 rings (SSSR count). The van der Waals surface area contributed by atoms with Crippen molar-refractivity contribution in [2.45, 2.75) is 32.6 Å². The minimum absolute atomic E-state index is 0.260. The van der Waals surface area contributed by atoms with E-state index in [1.165, 1.54) is 11.3 Å². The molecule has 0 aromatic carbocycles. The van der Waals surface area contributed by atoms with E-state index in [0.29, 0.717) is 10.6 Å². The number of aromatic nitrogens is 1. The number of hydrogen-bond acceptors (Lipinski definition) is 4. The Bertz CT molecular complexity index is 505. The van der Waals surface area contributed by atoms with Crippen molar-refractivity contribution >= 4 is 17.3 Å². The van der Waals surface area contributed by atoms with Crippen molar-refractivity contribution in [1.82, 2.24) is 9.88 Å². The lowest BCUT2D eigenvalue weighted by Crippen LogP contribution is -2.26. The average Bonchev–Trinajstić information content (AvgIpc) is 2.81. The second-order valence-electron chi connectivity index (χ2n) is 5.93. The maximum atomic E-state index is 11.4. The lowest BCUT2D eigenvalue weighted by molar-refractivity contribution is 0.0699. The second kappa shape index (κ2) is 7.52. The van der Waals surface area contributed by atoms with Gasteiger partial charge in [0, 0.05) is 31.5 Å². The number of hydrogen-bond donors (Lipinski definition) is 1. The Hall–Kier alpha value is -1.46. The van der Waals surface area contributed by atoms with Crippen LogP contribution >= 0.6 is 11.3 Å². The Morgan fingerprint density at radius 1 is 1.33 bits per heavy atom. The van der Waals surface area contributed by atoms with Crippen molar-refractivity contribution < 1.29 is 9.90 Å². The number of rotatable bonds is 8. The topological polar surface area (TPSA) is 53.4 Å². The molecule has 0 bridgehead atoms. The Labute approximate surface area is 130 Å². The van der Waals surface area contributed by atoms with E-state index in [0.717, 1.165) is 31.1 Å². The average molecular weight is 308 g/mol. The molecule has 1 heterocycles. The first-order chi connectivity index (χ1) is 9.79. The first-order valence-corrected chi connectivity index (χ1v) is 7.78. The highest BCUT2D eigenvalue weighted by atomic mass is 32.1. The molecular formula is C16H24N2O2S. The standard InChI is InChI=1S/C16H24N2O2S/c1-6-9-18(10-7-2)11-8-12-17-14(16(3,4)5)13(21-12)15(19)20/h6-7H,1-2,8-11H2,3-5H3,(H,19,20). The number of aromatic carboxylic acids is 1. The highest BCUT2D eigenvalue weighted by Gasteiger charge is 2.26. The fourth-order valence-electron chi connectivity index (χ4n) is 2.00. The molecule has 0 saturated heterocycles. The van der Waals surface area contributed by atoms with Gasteiger partial charge in [-0.15, -0.1) is 24.5 Å². The maximum Gasteiger partial charge on any atom is 0.347 e. The molecule has 0 fully saturated rings. The zero-order chi connectivity index (χ0) is 16.0. The molecule has 0 spiro atoms. The smallest absolute Gasteiger partial charge is 0.347 e. The van der Waals surface area contributed by atoms with Crippen molar-refractivity contribution in [2.24, 2.45) is 0 Å². The Kier molecular flexibility index (Phi) is 6.30. The summed E-state index contributed by atoms with van der Waals surface area (Å²) in [4.78, 5) is 18.5. The van der Waals surface area contributed by atoms with Crippen LogP contribution in [0.5, 0.6) is 0 Å². The third-order valence-electron chi connectivity index (χ3n) is 2.99. The largest absolute Gasteiger partial charge is 0.477 e. The highest BCUT2D eigenvalue weighted by molar-refractivity contribution is 7.13. The van der Waals surface area contributed by atoms with Crippen molar-refractivity contribution in [3.05, 3.63) is 40.9 Å². The zero-order valence-electron chi connectivity index (χ0n) is 13.1. The molecule has 1 aromatic heterocycles. The molecular weight excluding hydrogens is 284 g/mol. The number of nitrogens with zero attached hydrogens (tertiary/aromatic N) is 2. The van der Waals surface area contributed by atoms with E-state index in [2.05, 4.69) is 23.0 Å². The number of carbonyl (C=O) groups is 1. The number of thiazole rings is 1. The van der Waals surface area contributed by atoms with E-state index in [-0.39, 0.29) is 5.41 Å². The molecule has 5 heteroatoms. The second-order valence-corrected chi connectivity index (χ2v) is 7.01. The van der Waals surface area contributed by atoms with Gasteiger partial charge in [-0.3, -0.25) is 4.90 Å². The Balaban J connectivity index is 2.87. The predicted molar refractivity (Wildman–Crippen MR) is 88.3 cm³/mol. The summed E-state index contributed by atoms with van der Waals surface area (Å²) in [6, 6.07) is 0. The van der Waals surface area contributed by atoms with Gasteiger partial charge in [-0.25, -0.2) is 9.78 Å². The Morgan fingerprint density at radius 2 is 1.90 bits per heavy atom. The van der Waals surface area contributed by atoms with Gasteiger partial charge >= 0.3 is 5.97 Å². The summed E-state index contributed by atoms with van der Waals surface area (Å²) >= 11 is 1.28. The first kappa shape index (κ1) is 17.6. The molecule has 0 radical (unpaired) electrons. The third kappa shape index (κ3) is 5.10. The molecule has 4 nitrogen and oxygen atoms in total. The van der Waals surface area contributed by atoms with Crippen LogP contribution in [0.1, 0.15) is 41.1 Å². The number of carboxylic acids is 1. The fourth-order valence-corrected chi connectivity index (χ4v) is 3.10. The molecule has 0 aliphatic heterocycles. The van der Waals surface area contributed by atoms with Gasteiger partial charge in [-0.1, -0.05) is 32.9 Å². The summed E-state index contributed by atoms with van der Waals surface area (Å²) in [5.41, 5.74) is 0.415. The molecule has 1 aromatic rings. The van der Waals surface area contributed by atoms with Crippen LogP contribution in [0.4, 0.5) is 0 Å². The van der Waals surface area contributed by atoms with Crippen LogP contribution in [-0.4, -0.2) is 40.6 Å². The molecule has 0 saturated carbocycles. The predicted octanol–water partition coefficient (Wildman–Crippen LogP) is 3.36. The lowest BCUT2D eigenvalue weighted by Gasteiger charge is -2.18. The van der Waals surface area contributed by atoms with Gasteiger partial charge < -0.3 is 5.11 Å². The van der Waals surface area contributed by atoms with Crippen LogP contribution in [0.2, 0.25) is 0 Å². The molecule has 0 atom stereocenters. The Morgan fingerprint density at radius 3 is 2.29 bits per heavy atom. The molecule has 0 aliphatic carbocycles. The van der Waals surface area contributed by atoms with Crippen LogP contribution in [0.15, 0.2) is 25.3 Å². The minimum Gasteiger partial charge on any atom is -0.477 e. The van der Waals surface area contributed by atoms with Crippen LogP contribution in [0.25, 0.3) is 0 Å². The maximum absolute atomic E-state index is 11.4. The van der Waals surface area contributed by atoms with Crippen molar-refractivity contribution in [2.75, 3.05) is 19.6 Å². The van der Waals surface area contributed by atoms with Gasteiger partial charge in [0.15, 0.2) is 0 Å². The van der Waals surface area contributed by atoms with Crippen molar-refractivity contribution in [3.8, 4) is 0 Å². The lowest BCUT2D eigenvalue weighted by atomic mass is 9.91. The fraction of sp³-hybridized carbons (Fsp3) is 0.500. The molecule has 116 valence electrons. The summed E-state index contributed by atoms with van der Waals surface area (Å²) in [6.45, 7) is 15.8. The van der Waals surface area contributed by atoms with Gasteiger partial charge in [0.2, 0.25) is 0 Å². The van der Waals surface area contributed by atoms with E-state index >= 15 is 0 Å². The van der Waals surface area contributed by atoms with Gasteiger partial charge in [-0.05, 0) is 0 Å². The van der Waals surface area contributed by atoms with Gasteiger partial charge in [0.05, 0.1) is 10.7 Å². The molecule has 0 aliphatic rings. The van der Waals surface area contributed by atoms with Gasteiger partial charge in [-0.2, -0.15) is 0 Å². The van der Waals surface area contributed by atoms with Gasteiger partial charge in [0.1, 0.15) is 4.88 Å². The highest BCUT2D eigenvalue weighted by Crippen LogP contribution is 2.29. The van der Waals surface area contributed by atoms with Crippen LogP contribution in [0.3, 0.4) is 0 Å². The van der Waals surface area contributed by atoms with E-state index in [1.54, 1.807) is 0 Å². The summed E-state index contributed by atoms with van der Waals surface area (Å²) in [7, 11) is 0. The summed E-state index contributed by atoms with van der Waals surface area (Å²) in [5.74, 6) is -0.891. The van der Waals surface area contributed by atoms with Crippen LogP contribution in [-0.2, 0) is 11.8 Å². The quantitative estimate of drug-likeness (QED) is 0.748. The minimum atomic E-state index is -0.891. The molecule has 0 amide bonds. The molecule has 0 unspecified atom stereocenters. The zero-order valence-corrected chi connectivity index (χ0v) is 13.9. The van der Waals surface area contributed by atoms with E-state index in [4.69, 9.17) is 0 Å². The molecule has 21 heavy (non-hydrogen) atoms. The summed E-state index contributed by atoms with van der Waals surface area (Å²) in [6.07, 6.45) is 4.45. The SMILES string of the molecule is C=CCN(CC=C)CCc1nc(C(C)(C)C)c(C(=O)O)s1. The van der Waals surface area contributed by atoms with E-state index in [9.17, 15) is 9.90 Å². The van der Waals surface area contributed by atoms with E-state index in [1.807, 2.05) is 32.9 Å². The van der Waals surface area contributed by atoms with Crippen LogP contribution < -0.4 is 0 Å². The third-order valence-corrected chi connectivity index (χ3v) is 4.10. The molecule has 1 N–H and O–H groups in total. The monoisotopic (exact) mass is 308 g/mol. The normalized spacial score (nSPS) is 11.6. The first-order valence-electron chi connectivity index (χ1n) is 6.97. The van der Waals surface area contributed by atoms with Crippen LogP contribution in [0, 0.1) is 0 Å². The summed E-state index contributed by atoms with van der Waals surface area (Å²) < 4.78 is 0. The van der Waals surface area contributed by atoms with E-state index < -0.39 is 5.97 Å². The number of carboxylic acid groups (broad SMARTS) is 1. The van der Waals surface area contributed by atoms with Gasteiger partial charge in [0.25, 0.3) is 0 Å². The van der Waals surface area contributed by atoms with Crippen molar-refractivity contribution in [1.29, 1.82) is 0 Å².